The van der Waals surface area contributed by atoms with Crippen LogP contribution in [0.3, 0.4) is 0 Å². The predicted octanol–water partition coefficient (Wildman–Crippen LogP) is 2.60. The van der Waals surface area contributed by atoms with Crippen LogP contribution < -0.4 is 15.6 Å². The molecule has 1 heterocycles. The van der Waals surface area contributed by atoms with Gasteiger partial charge in [-0.1, -0.05) is 29.3 Å². The van der Waals surface area contributed by atoms with Gasteiger partial charge in [-0.3, -0.25) is 9.59 Å². The number of rotatable bonds is 6. The SMILES string of the molecule is Cn1ccc(C(=O)NCCCOc2c(Cl)cccc2Cl)c(O)c1=O. The first-order valence-electron chi connectivity index (χ1n) is 7.15. The van der Waals surface area contributed by atoms with Crippen LogP contribution in [0.1, 0.15) is 16.8 Å². The summed E-state index contributed by atoms with van der Waals surface area (Å²) in [6, 6.07) is 6.44. The van der Waals surface area contributed by atoms with Gasteiger partial charge in [-0.2, -0.15) is 0 Å². The summed E-state index contributed by atoms with van der Waals surface area (Å²) in [5, 5.41) is 13.1. The largest absolute Gasteiger partial charge is 0.502 e. The minimum Gasteiger partial charge on any atom is -0.502 e. The molecular formula is C16H16Cl2N2O4. The molecule has 128 valence electrons. The highest BCUT2D eigenvalue weighted by atomic mass is 35.5. The quantitative estimate of drug-likeness (QED) is 0.765. The summed E-state index contributed by atoms with van der Waals surface area (Å²) in [4.78, 5) is 23.5. The maximum atomic E-state index is 12.0. The fourth-order valence-electron chi connectivity index (χ4n) is 1.96. The van der Waals surface area contributed by atoms with Crippen LogP contribution in [0.25, 0.3) is 0 Å². The van der Waals surface area contributed by atoms with E-state index in [0.29, 0.717) is 35.4 Å². The topological polar surface area (TPSA) is 80.6 Å². The molecule has 8 heteroatoms. The second-order valence-electron chi connectivity index (χ2n) is 5.00. The van der Waals surface area contributed by atoms with Gasteiger partial charge in [-0.25, -0.2) is 0 Å². The minimum atomic E-state index is -0.626. The van der Waals surface area contributed by atoms with Crippen molar-refractivity contribution in [2.45, 2.75) is 6.42 Å². The van der Waals surface area contributed by atoms with Crippen molar-refractivity contribution in [2.75, 3.05) is 13.2 Å². The summed E-state index contributed by atoms with van der Waals surface area (Å²) in [5.74, 6) is -0.700. The van der Waals surface area contributed by atoms with E-state index in [1.54, 1.807) is 18.2 Å². The van der Waals surface area contributed by atoms with E-state index in [4.69, 9.17) is 27.9 Å². The maximum absolute atomic E-state index is 12.0. The van der Waals surface area contributed by atoms with Crippen LogP contribution in [0.15, 0.2) is 35.3 Å². The van der Waals surface area contributed by atoms with Gasteiger partial charge >= 0.3 is 0 Å². The molecule has 0 aliphatic heterocycles. The lowest BCUT2D eigenvalue weighted by Crippen LogP contribution is -2.28. The van der Waals surface area contributed by atoms with Crippen LogP contribution >= 0.6 is 23.2 Å². The number of hydrogen-bond donors (Lipinski definition) is 2. The molecule has 0 radical (unpaired) electrons. The molecule has 0 saturated heterocycles. The molecule has 0 unspecified atom stereocenters. The number of nitrogens with zero attached hydrogens (tertiary/aromatic N) is 1. The van der Waals surface area contributed by atoms with Crippen LogP contribution in [0.5, 0.6) is 11.5 Å². The summed E-state index contributed by atoms with van der Waals surface area (Å²) in [6.45, 7) is 0.599. The summed E-state index contributed by atoms with van der Waals surface area (Å²) < 4.78 is 6.68. The van der Waals surface area contributed by atoms with Crippen molar-refractivity contribution in [1.82, 2.24) is 9.88 Å². The van der Waals surface area contributed by atoms with Gasteiger partial charge in [0.2, 0.25) is 0 Å². The first kappa shape index (κ1) is 18.2. The molecule has 2 rings (SSSR count). The van der Waals surface area contributed by atoms with E-state index in [-0.39, 0.29) is 5.56 Å². The van der Waals surface area contributed by atoms with Crippen molar-refractivity contribution in [3.63, 3.8) is 0 Å². The van der Waals surface area contributed by atoms with E-state index in [1.807, 2.05) is 0 Å². The van der Waals surface area contributed by atoms with Gasteiger partial charge in [-0.15, -0.1) is 0 Å². The normalized spacial score (nSPS) is 10.5. The highest BCUT2D eigenvalue weighted by Gasteiger charge is 2.14. The third-order valence-electron chi connectivity index (χ3n) is 3.26. The molecule has 0 aliphatic carbocycles. The molecule has 0 fully saturated rings. The number of aryl methyl sites for hydroxylation is 1. The molecule has 1 amide bonds. The number of carbonyl (C=O) groups excluding carboxylic acids is 1. The molecule has 2 aromatic rings. The Labute approximate surface area is 148 Å². The summed E-state index contributed by atoms with van der Waals surface area (Å²) in [5.41, 5.74) is -0.687. The summed E-state index contributed by atoms with van der Waals surface area (Å²) >= 11 is 12.0. The van der Waals surface area contributed by atoms with Crippen molar-refractivity contribution in [3.8, 4) is 11.5 Å². The number of ether oxygens (including phenoxy) is 1. The zero-order chi connectivity index (χ0) is 17.7. The second kappa shape index (κ2) is 8.08. The number of carbonyl (C=O) groups is 1. The van der Waals surface area contributed by atoms with Crippen molar-refractivity contribution >= 4 is 29.1 Å². The second-order valence-corrected chi connectivity index (χ2v) is 5.82. The lowest BCUT2D eigenvalue weighted by molar-refractivity contribution is 0.0948. The van der Waals surface area contributed by atoms with Crippen LogP contribution in [-0.2, 0) is 7.05 Å². The zero-order valence-corrected chi connectivity index (χ0v) is 14.4. The average Bonchev–Trinajstić information content (AvgIpc) is 2.54. The van der Waals surface area contributed by atoms with E-state index < -0.39 is 17.2 Å². The standard InChI is InChI=1S/C16H16Cl2N2O4/c1-20-8-6-10(13(21)16(20)23)15(22)19-7-3-9-24-14-11(17)4-2-5-12(14)18/h2,4-6,8,21H,3,7,9H2,1H3,(H,19,22). The Hall–Kier alpha value is -2.18. The Morgan fingerprint density at radius 2 is 1.96 bits per heavy atom. The number of amides is 1. The highest BCUT2D eigenvalue weighted by molar-refractivity contribution is 6.37. The number of benzene rings is 1. The van der Waals surface area contributed by atoms with Gasteiger partial charge in [0.05, 0.1) is 22.2 Å². The van der Waals surface area contributed by atoms with Crippen molar-refractivity contribution < 1.29 is 14.6 Å². The van der Waals surface area contributed by atoms with Crippen LogP contribution in [0.2, 0.25) is 10.0 Å². The number of para-hydroxylation sites is 1. The highest BCUT2D eigenvalue weighted by Crippen LogP contribution is 2.32. The third-order valence-corrected chi connectivity index (χ3v) is 3.85. The predicted molar refractivity (Wildman–Crippen MR) is 92.3 cm³/mol. The van der Waals surface area contributed by atoms with Gasteiger partial charge in [0.15, 0.2) is 11.5 Å². The number of nitrogens with one attached hydrogen (secondary N) is 1. The fourth-order valence-corrected chi connectivity index (χ4v) is 2.47. The Balaban J connectivity index is 1.84. The molecule has 0 atom stereocenters. The van der Waals surface area contributed by atoms with E-state index in [2.05, 4.69) is 5.32 Å². The van der Waals surface area contributed by atoms with Gasteiger partial charge in [0.1, 0.15) is 0 Å². The number of aromatic nitrogens is 1. The number of pyridine rings is 1. The summed E-state index contributed by atoms with van der Waals surface area (Å²) in [6.07, 6.45) is 1.92. The molecule has 1 aromatic carbocycles. The molecule has 2 N–H and O–H groups in total. The Kier molecular flexibility index (Phi) is 6.11. The van der Waals surface area contributed by atoms with Crippen LogP contribution in [0, 0.1) is 0 Å². The molecular weight excluding hydrogens is 355 g/mol. The van der Waals surface area contributed by atoms with Gasteiger partial charge in [0, 0.05) is 19.8 Å². The number of aromatic hydroxyl groups is 1. The van der Waals surface area contributed by atoms with Gasteiger partial charge < -0.3 is 19.7 Å². The van der Waals surface area contributed by atoms with Gasteiger partial charge in [-0.05, 0) is 24.6 Å². The van der Waals surface area contributed by atoms with E-state index in [1.165, 1.54) is 23.9 Å². The minimum absolute atomic E-state index is 0.0619. The van der Waals surface area contributed by atoms with Gasteiger partial charge in [0.25, 0.3) is 11.5 Å². The van der Waals surface area contributed by atoms with Crippen LogP contribution in [-0.4, -0.2) is 28.7 Å². The first-order valence-corrected chi connectivity index (χ1v) is 7.91. The molecule has 0 spiro atoms. The average molecular weight is 371 g/mol. The first-order chi connectivity index (χ1) is 11.4. The molecule has 0 aliphatic rings. The molecule has 24 heavy (non-hydrogen) atoms. The zero-order valence-electron chi connectivity index (χ0n) is 12.9. The smallest absolute Gasteiger partial charge is 0.293 e. The van der Waals surface area contributed by atoms with E-state index >= 15 is 0 Å². The maximum Gasteiger partial charge on any atom is 0.293 e. The summed E-state index contributed by atoms with van der Waals surface area (Å²) in [7, 11) is 1.49. The van der Waals surface area contributed by atoms with E-state index in [9.17, 15) is 14.7 Å². The number of hydrogen-bond acceptors (Lipinski definition) is 4. The molecule has 0 bridgehead atoms. The fraction of sp³-hybridized carbons (Fsp3) is 0.250. The Bertz CT molecular complexity index is 785. The third kappa shape index (κ3) is 4.21. The Morgan fingerprint density at radius 3 is 2.62 bits per heavy atom. The lowest BCUT2D eigenvalue weighted by Gasteiger charge is -2.10. The van der Waals surface area contributed by atoms with Crippen LogP contribution in [0.4, 0.5) is 0 Å². The Morgan fingerprint density at radius 1 is 1.29 bits per heavy atom. The molecule has 1 aromatic heterocycles. The monoisotopic (exact) mass is 370 g/mol. The lowest BCUT2D eigenvalue weighted by atomic mass is 10.2. The van der Waals surface area contributed by atoms with Crippen molar-refractivity contribution in [1.29, 1.82) is 0 Å². The molecule has 6 nitrogen and oxygen atoms in total. The molecule has 0 saturated carbocycles. The van der Waals surface area contributed by atoms with Crippen molar-refractivity contribution in [3.05, 3.63) is 56.4 Å². The van der Waals surface area contributed by atoms with Crippen molar-refractivity contribution in [2.24, 2.45) is 7.05 Å². The number of halogens is 2. The van der Waals surface area contributed by atoms with E-state index in [0.717, 1.165) is 0 Å².